The van der Waals surface area contributed by atoms with E-state index >= 15 is 0 Å². The molecule has 19 heavy (non-hydrogen) atoms. The lowest BCUT2D eigenvalue weighted by Crippen LogP contribution is -2.16. The summed E-state index contributed by atoms with van der Waals surface area (Å²) < 4.78 is 6.73. The van der Waals surface area contributed by atoms with Gasteiger partial charge < -0.3 is 9.73 Å². The molecular formula is C13H13N5O. The first-order valence-corrected chi connectivity index (χ1v) is 5.98. The van der Waals surface area contributed by atoms with Gasteiger partial charge in [0.1, 0.15) is 0 Å². The summed E-state index contributed by atoms with van der Waals surface area (Å²) in [7, 11) is 0. The summed E-state index contributed by atoms with van der Waals surface area (Å²) in [6.07, 6.45) is 3.37. The number of hydrogen-bond acceptors (Lipinski definition) is 5. The van der Waals surface area contributed by atoms with Gasteiger partial charge in [-0.3, -0.25) is 0 Å². The standard InChI is InChI=1S/C13H13N5O/c1-2-4-12(5-3-1)18-13(15-16-17-18)9-14-8-11-6-7-19-10-11/h1-7,10,14H,8-9H2. The van der Waals surface area contributed by atoms with E-state index in [1.807, 2.05) is 36.4 Å². The molecule has 0 saturated carbocycles. The summed E-state index contributed by atoms with van der Waals surface area (Å²) in [5.41, 5.74) is 2.05. The van der Waals surface area contributed by atoms with E-state index in [0.29, 0.717) is 6.54 Å². The molecule has 2 aromatic heterocycles. The lowest BCUT2D eigenvalue weighted by Gasteiger charge is -2.05. The molecule has 0 bridgehead atoms. The maximum Gasteiger partial charge on any atom is 0.170 e. The second-order valence-corrected chi connectivity index (χ2v) is 4.08. The molecule has 6 heteroatoms. The number of furan rings is 1. The van der Waals surface area contributed by atoms with Crippen LogP contribution in [0.5, 0.6) is 0 Å². The van der Waals surface area contributed by atoms with Crippen LogP contribution in [-0.4, -0.2) is 20.2 Å². The highest BCUT2D eigenvalue weighted by molar-refractivity contribution is 5.30. The molecule has 0 saturated heterocycles. The Hall–Kier alpha value is -2.47. The molecular weight excluding hydrogens is 242 g/mol. The van der Waals surface area contributed by atoms with Crippen LogP contribution in [0.4, 0.5) is 0 Å². The van der Waals surface area contributed by atoms with Gasteiger partial charge in [0.25, 0.3) is 0 Å². The predicted octanol–water partition coefficient (Wildman–Crippen LogP) is 1.55. The Morgan fingerprint density at radius 1 is 1.11 bits per heavy atom. The van der Waals surface area contributed by atoms with Crippen molar-refractivity contribution in [2.24, 2.45) is 0 Å². The first-order chi connectivity index (χ1) is 9.43. The SMILES string of the molecule is c1ccc(-n2nnnc2CNCc2ccoc2)cc1. The van der Waals surface area contributed by atoms with Crippen molar-refractivity contribution in [3.8, 4) is 5.69 Å². The van der Waals surface area contributed by atoms with Crippen LogP contribution in [-0.2, 0) is 13.1 Å². The average Bonchev–Trinajstić information content (AvgIpc) is 3.11. The molecule has 1 N–H and O–H groups in total. The zero-order valence-corrected chi connectivity index (χ0v) is 10.2. The van der Waals surface area contributed by atoms with Crippen LogP contribution in [0.25, 0.3) is 5.69 Å². The fraction of sp³-hybridized carbons (Fsp3) is 0.154. The van der Waals surface area contributed by atoms with Crippen LogP contribution in [0.1, 0.15) is 11.4 Å². The van der Waals surface area contributed by atoms with E-state index in [2.05, 4.69) is 20.8 Å². The smallest absolute Gasteiger partial charge is 0.170 e. The van der Waals surface area contributed by atoms with E-state index in [9.17, 15) is 0 Å². The molecule has 6 nitrogen and oxygen atoms in total. The summed E-state index contributed by atoms with van der Waals surface area (Å²) in [6.45, 7) is 1.31. The van der Waals surface area contributed by atoms with Gasteiger partial charge in [0.15, 0.2) is 5.82 Å². The third-order valence-electron chi connectivity index (χ3n) is 2.73. The lowest BCUT2D eigenvalue weighted by atomic mass is 10.3. The fourth-order valence-electron chi connectivity index (χ4n) is 1.80. The molecule has 3 aromatic rings. The fourth-order valence-corrected chi connectivity index (χ4v) is 1.80. The number of rotatable bonds is 5. The number of benzene rings is 1. The Bertz CT molecular complexity index is 618. The first kappa shape index (κ1) is 11.6. The predicted molar refractivity (Wildman–Crippen MR) is 68.4 cm³/mol. The highest BCUT2D eigenvalue weighted by Crippen LogP contribution is 2.07. The van der Waals surface area contributed by atoms with E-state index in [1.54, 1.807) is 17.2 Å². The van der Waals surface area contributed by atoms with Crippen molar-refractivity contribution in [2.75, 3.05) is 0 Å². The van der Waals surface area contributed by atoms with E-state index in [0.717, 1.165) is 23.6 Å². The zero-order valence-electron chi connectivity index (χ0n) is 10.2. The van der Waals surface area contributed by atoms with Crippen molar-refractivity contribution >= 4 is 0 Å². The van der Waals surface area contributed by atoms with Crippen LogP contribution < -0.4 is 5.32 Å². The lowest BCUT2D eigenvalue weighted by molar-refractivity contribution is 0.558. The van der Waals surface area contributed by atoms with Crippen LogP contribution >= 0.6 is 0 Å². The molecule has 3 rings (SSSR count). The molecule has 0 fully saturated rings. The van der Waals surface area contributed by atoms with Gasteiger partial charge >= 0.3 is 0 Å². The maximum atomic E-state index is 5.01. The molecule has 1 aromatic carbocycles. The minimum atomic E-state index is 0.590. The summed E-state index contributed by atoms with van der Waals surface area (Å²) in [6, 6.07) is 11.7. The van der Waals surface area contributed by atoms with Crippen molar-refractivity contribution in [1.82, 2.24) is 25.5 Å². The average molecular weight is 255 g/mol. The minimum Gasteiger partial charge on any atom is -0.472 e. The Morgan fingerprint density at radius 2 is 2.00 bits per heavy atom. The van der Waals surface area contributed by atoms with Gasteiger partial charge in [0.05, 0.1) is 24.8 Å². The van der Waals surface area contributed by atoms with Gasteiger partial charge in [-0.15, -0.1) is 5.10 Å². The molecule has 0 atom stereocenters. The highest BCUT2D eigenvalue weighted by Gasteiger charge is 2.07. The summed E-state index contributed by atoms with van der Waals surface area (Å²) in [5.74, 6) is 0.773. The number of hydrogen-bond donors (Lipinski definition) is 1. The van der Waals surface area contributed by atoms with E-state index in [4.69, 9.17) is 4.42 Å². The third-order valence-corrected chi connectivity index (χ3v) is 2.73. The van der Waals surface area contributed by atoms with Gasteiger partial charge in [0.2, 0.25) is 0 Å². The number of para-hydroxylation sites is 1. The number of aromatic nitrogens is 4. The van der Waals surface area contributed by atoms with Crippen molar-refractivity contribution in [3.63, 3.8) is 0 Å². The molecule has 0 aliphatic rings. The Balaban J connectivity index is 1.67. The highest BCUT2D eigenvalue weighted by atomic mass is 16.3. The summed E-state index contributed by atoms with van der Waals surface area (Å²) >= 11 is 0. The minimum absolute atomic E-state index is 0.590. The van der Waals surface area contributed by atoms with Crippen molar-refractivity contribution in [1.29, 1.82) is 0 Å². The summed E-state index contributed by atoms with van der Waals surface area (Å²) in [5, 5.41) is 15.0. The van der Waals surface area contributed by atoms with Gasteiger partial charge in [0, 0.05) is 12.1 Å². The molecule has 0 amide bonds. The zero-order chi connectivity index (χ0) is 12.9. The monoisotopic (exact) mass is 255 g/mol. The normalized spacial score (nSPS) is 10.7. The Labute approximate surface area is 110 Å². The van der Waals surface area contributed by atoms with Crippen molar-refractivity contribution in [3.05, 3.63) is 60.3 Å². The van der Waals surface area contributed by atoms with E-state index in [-0.39, 0.29) is 0 Å². The van der Waals surface area contributed by atoms with Crippen LogP contribution in [0, 0.1) is 0 Å². The Kier molecular flexibility index (Phi) is 3.33. The number of nitrogens with zero attached hydrogens (tertiary/aromatic N) is 4. The number of tetrazole rings is 1. The van der Waals surface area contributed by atoms with E-state index < -0.39 is 0 Å². The third kappa shape index (κ3) is 2.69. The molecule has 0 aliphatic heterocycles. The second-order valence-electron chi connectivity index (χ2n) is 4.08. The van der Waals surface area contributed by atoms with Gasteiger partial charge in [-0.1, -0.05) is 18.2 Å². The second kappa shape index (κ2) is 5.45. The molecule has 0 aliphatic carbocycles. The Morgan fingerprint density at radius 3 is 2.79 bits per heavy atom. The first-order valence-electron chi connectivity index (χ1n) is 5.98. The maximum absolute atomic E-state index is 5.01. The van der Waals surface area contributed by atoms with E-state index in [1.165, 1.54) is 0 Å². The van der Waals surface area contributed by atoms with Gasteiger partial charge in [-0.05, 0) is 28.6 Å². The quantitative estimate of drug-likeness (QED) is 0.749. The number of nitrogens with one attached hydrogen (secondary N) is 1. The van der Waals surface area contributed by atoms with Crippen molar-refractivity contribution in [2.45, 2.75) is 13.1 Å². The topological polar surface area (TPSA) is 68.8 Å². The summed E-state index contributed by atoms with van der Waals surface area (Å²) in [4.78, 5) is 0. The molecule has 2 heterocycles. The van der Waals surface area contributed by atoms with Crippen LogP contribution in [0.2, 0.25) is 0 Å². The van der Waals surface area contributed by atoms with Crippen LogP contribution in [0.3, 0.4) is 0 Å². The largest absolute Gasteiger partial charge is 0.472 e. The molecule has 96 valence electrons. The molecule has 0 spiro atoms. The van der Waals surface area contributed by atoms with Gasteiger partial charge in [-0.2, -0.15) is 4.68 Å². The van der Waals surface area contributed by atoms with Gasteiger partial charge in [-0.25, -0.2) is 0 Å². The molecule has 0 unspecified atom stereocenters. The molecule has 0 radical (unpaired) electrons. The van der Waals surface area contributed by atoms with Crippen molar-refractivity contribution < 1.29 is 4.42 Å². The van der Waals surface area contributed by atoms with Crippen LogP contribution in [0.15, 0.2) is 53.3 Å².